The molecule has 0 radical (unpaired) electrons. The zero-order valence-corrected chi connectivity index (χ0v) is 13.7. The minimum atomic E-state index is -3.37. The average molecular weight is 330 g/mol. The second-order valence-electron chi connectivity index (χ2n) is 4.80. The molecule has 22 heavy (non-hydrogen) atoms. The SMILES string of the molecule is CC(=O)c1cccc(COCCOCCCOS(C)(=O)=O)c1. The molecule has 0 atom stereocenters. The molecule has 0 bridgehead atoms. The average Bonchev–Trinajstić information content (AvgIpc) is 2.44. The van der Waals surface area contributed by atoms with Crippen LogP contribution < -0.4 is 0 Å². The molecule has 0 N–H and O–H groups in total. The fourth-order valence-corrected chi connectivity index (χ4v) is 2.08. The van der Waals surface area contributed by atoms with Crippen LogP contribution in [-0.2, 0) is 30.4 Å². The third-order valence-corrected chi connectivity index (χ3v) is 3.30. The lowest BCUT2D eigenvalue weighted by molar-refractivity contribution is 0.0370. The van der Waals surface area contributed by atoms with E-state index in [9.17, 15) is 13.2 Å². The van der Waals surface area contributed by atoms with Gasteiger partial charge in [0.25, 0.3) is 10.1 Å². The van der Waals surface area contributed by atoms with Crippen LogP contribution in [0.3, 0.4) is 0 Å². The van der Waals surface area contributed by atoms with Crippen molar-refractivity contribution in [2.75, 3.05) is 32.7 Å². The third-order valence-electron chi connectivity index (χ3n) is 2.70. The number of ketones is 1. The van der Waals surface area contributed by atoms with Crippen molar-refractivity contribution in [2.45, 2.75) is 20.0 Å². The van der Waals surface area contributed by atoms with Gasteiger partial charge in [-0.25, -0.2) is 0 Å². The highest BCUT2D eigenvalue weighted by Crippen LogP contribution is 2.07. The van der Waals surface area contributed by atoms with Crippen LogP contribution in [0.15, 0.2) is 24.3 Å². The molecule has 0 fully saturated rings. The summed E-state index contributed by atoms with van der Waals surface area (Å²) in [6, 6.07) is 7.31. The first kappa shape index (κ1) is 18.8. The summed E-state index contributed by atoms with van der Waals surface area (Å²) in [5.74, 6) is 0.0292. The minimum Gasteiger partial charge on any atom is -0.379 e. The smallest absolute Gasteiger partial charge is 0.264 e. The summed E-state index contributed by atoms with van der Waals surface area (Å²) in [6.45, 7) is 3.34. The predicted molar refractivity (Wildman–Crippen MR) is 82.3 cm³/mol. The summed E-state index contributed by atoms with van der Waals surface area (Å²) in [4.78, 5) is 11.3. The Morgan fingerprint density at radius 3 is 2.50 bits per heavy atom. The van der Waals surface area contributed by atoms with Crippen molar-refractivity contribution in [3.05, 3.63) is 35.4 Å². The van der Waals surface area contributed by atoms with Crippen molar-refractivity contribution < 1.29 is 26.9 Å². The largest absolute Gasteiger partial charge is 0.379 e. The number of hydrogen-bond acceptors (Lipinski definition) is 6. The van der Waals surface area contributed by atoms with E-state index in [1.54, 1.807) is 6.07 Å². The molecule has 0 saturated carbocycles. The van der Waals surface area contributed by atoms with Gasteiger partial charge < -0.3 is 9.47 Å². The second kappa shape index (κ2) is 9.68. The van der Waals surface area contributed by atoms with Crippen LogP contribution in [0.1, 0.15) is 29.3 Å². The van der Waals surface area contributed by atoms with Gasteiger partial charge in [0.1, 0.15) is 0 Å². The fourth-order valence-electron chi connectivity index (χ4n) is 1.66. The van der Waals surface area contributed by atoms with Crippen LogP contribution in [0, 0.1) is 0 Å². The van der Waals surface area contributed by atoms with Crippen LogP contribution in [0.4, 0.5) is 0 Å². The molecule has 0 aliphatic rings. The van der Waals surface area contributed by atoms with E-state index < -0.39 is 10.1 Å². The number of benzene rings is 1. The molecule has 0 saturated heterocycles. The topological polar surface area (TPSA) is 78.9 Å². The van der Waals surface area contributed by atoms with Gasteiger partial charge in [-0.15, -0.1) is 0 Å². The third kappa shape index (κ3) is 8.89. The van der Waals surface area contributed by atoms with Gasteiger partial charge in [0, 0.05) is 12.2 Å². The van der Waals surface area contributed by atoms with Gasteiger partial charge >= 0.3 is 0 Å². The van der Waals surface area contributed by atoms with Crippen LogP contribution in [-0.4, -0.2) is 46.9 Å². The number of carbonyl (C=O) groups is 1. The normalized spacial score (nSPS) is 11.5. The zero-order chi connectivity index (χ0) is 16.4. The van der Waals surface area contributed by atoms with Gasteiger partial charge in [-0.05, 0) is 25.0 Å². The number of ether oxygens (including phenoxy) is 2. The lowest BCUT2D eigenvalue weighted by Gasteiger charge is -2.07. The summed E-state index contributed by atoms with van der Waals surface area (Å²) >= 11 is 0. The molecule has 1 rings (SSSR count). The van der Waals surface area contributed by atoms with Crippen molar-refractivity contribution in [2.24, 2.45) is 0 Å². The maximum Gasteiger partial charge on any atom is 0.264 e. The Morgan fingerprint density at radius 2 is 1.82 bits per heavy atom. The summed E-state index contributed by atoms with van der Waals surface area (Å²) in [7, 11) is -3.37. The molecule has 0 unspecified atom stereocenters. The van der Waals surface area contributed by atoms with Gasteiger partial charge in [-0.1, -0.05) is 18.2 Å². The van der Waals surface area contributed by atoms with E-state index >= 15 is 0 Å². The molecule has 1 aromatic carbocycles. The molecule has 0 aliphatic carbocycles. The van der Waals surface area contributed by atoms with Gasteiger partial charge in [0.15, 0.2) is 5.78 Å². The van der Waals surface area contributed by atoms with Crippen molar-refractivity contribution in [3.63, 3.8) is 0 Å². The Kier molecular flexibility index (Phi) is 8.26. The second-order valence-corrected chi connectivity index (χ2v) is 6.45. The molecule has 0 spiro atoms. The first-order valence-corrected chi connectivity index (χ1v) is 8.80. The molecule has 0 amide bonds. The molecule has 124 valence electrons. The fraction of sp³-hybridized carbons (Fsp3) is 0.533. The number of rotatable bonds is 11. The first-order chi connectivity index (χ1) is 10.4. The van der Waals surface area contributed by atoms with E-state index in [1.807, 2.05) is 18.2 Å². The van der Waals surface area contributed by atoms with Crippen LogP contribution >= 0.6 is 0 Å². The Labute approximate surface area is 131 Å². The summed E-state index contributed by atoms with van der Waals surface area (Å²) in [6.07, 6.45) is 1.52. The van der Waals surface area contributed by atoms with Crippen LogP contribution in [0.5, 0.6) is 0 Å². The van der Waals surface area contributed by atoms with E-state index in [0.717, 1.165) is 11.8 Å². The monoisotopic (exact) mass is 330 g/mol. The van der Waals surface area contributed by atoms with Gasteiger partial charge in [0.05, 0.1) is 32.7 Å². The minimum absolute atomic E-state index is 0.0292. The number of hydrogen-bond donors (Lipinski definition) is 0. The van der Waals surface area contributed by atoms with Crippen molar-refractivity contribution >= 4 is 15.9 Å². The summed E-state index contributed by atoms with van der Waals surface area (Å²) in [5.41, 5.74) is 1.61. The predicted octanol–water partition coefficient (Wildman–Crippen LogP) is 1.79. The van der Waals surface area contributed by atoms with E-state index in [4.69, 9.17) is 9.47 Å². The Morgan fingerprint density at radius 1 is 1.09 bits per heavy atom. The summed E-state index contributed by atoms with van der Waals surface area (Å²) in [5, 5.41) is 0. The highest BCUT2D eigenvalue weighted by atomic mass is 32.2. The highest BCUT2D eigenvalue weighted by Gasteiger charge is 2.01. The molecule has 0 heterocycles. The zero-order valence-electron chi connectivity index (χ0n) is 12.9. The molecular weight excluding hydrogens is 308 g/mol. The Bertz CT molecular complexity index is 567. The number of Topliss-reactive ketones (excluding diaryl/α,β-unsaturated/α-hetero) is 1. The van der Waals surface area contributed by atoms with E-state index in [0.29, 0.717) is 38.4 Å². The highest BCUT2D eigenvalue weighted by molar-refractivity contribution is 7.85. The summed E-state index contributed by atoms with van der Waals surface area (Å²) < 4.78 is 36.7. The quantitative estimate of drug-likeness (QED) is 0.350. The van der Waals surface area contributed by atoms with Gasteiger partial charge in [-0.3, -0.25) is 8.98 Å². The molecule has 6 nitrogen and oxygen atoms in total. The molecule has 0 aromatic heterocycles. The maximum atomic E-state index is 11.3. The first-order valence-electron chi connectivity index (χ1n) is 6.98. The van der Waals surface area contributed by atoms with Crippen LogP contribution in [0.25, 0.3) is 0 Å². The van der Waals surface area contributed by atoms with Gasteiger partial charge in [0.2, 0.25) is 0 Å². The molecular formula is C15H22O6S. The lowest BCUT2D eigenvalue weighted by Crippen LogP contribution is -2.09. The standard InChI is InChI=1S/C15H22O6S/c1-13(16)15-6-3-5-14(11-15)12-20-10-9-19-7-4-8-21-22(2,17)18/h3,5-6,11H,4,7-10,12H2,1-2H3. The lowest BCUT2D eigenvalue weighted by atomic mass is 10.1. The molecule has 7 heteroatoms. The van der Waals surface area contributed by atoms with Crippen LogP contribution in [0.2, 0.25) is 0 Å². The van der Waals surface area contributed by atoms with Crippen molar-refractivity contribution in [1.29, 1.82) is 0 Å². The van der Waals surface area contributed by atoms with Crippen molar-refractivity contribution in [3.8, 4) is 0 Å². The van der Waals surface area contributed by atoms with E-state index in [-0.39, 0.29) is 12.4 Å². The molecule has 1 aromatic rings. The van der Waals surface area contributed by atoms with E-state index in [1.165, 1.54) is 6.92 Å². The van der Waals surface area contributed by atoms with Crippen molar-refractivity contribution in [1.82, 2.24) is 0 Å². The number of carbonyl (C=O) groups excluding carboxylic acids is 1. The Balaban J connectivity index is 2.06. The van der Waals surface area contributed by atoms with Gasteiger partial charge in [-0.2, -0.15) is 8.42 Å². The van der Waals surface area contributed by atoms with E-state index in [2.05, 4.69) is 4.18 Å². The maximum absolute atomic E-state index is 11.3. The Hall–Kier alpha value is -1.28. The molecule has 0 aliphatic heterocycles.